The van der Waals surface area contributed by atoms with Crippen molar-refractivity contribution in [1.29, 1.82) is 0 Å². The van der Waals surface area contributed by atoms with Gasteiger partial charge in [0.1, 0.15) is 5.82 Å². The van der Waals surface area contributed by atoms with Gasteiger partial charge in [0.2, 0.25) is 15.9 Å². The van der Waals surface area contributed by atoms with Crippen molar-refractivity contribution < 1.29 is 22.4 Å². The van der Waals surface area contributed by atoms with Gasteiger partial charge in [0.15, 0.2) is 5.78 Å². The van der Waals surface area contributed by atoms with Crippen molar-refractivity contribution in [2.24, 2.45) is 5.92 Å². The SMILES string of the molecule is CC(C)(C)c1ccc(C(=O)c2cccc(NC(=O)C3CCN(S(=O)(=O)c4ccc(F)cc4)CC3)c2)cc1. The molecule has 0 aromatic heterocycles. The summed E-state index contributed by atoms with van der Waals surface area (Å²) in [5, 5.41) is 2.88. The number of sulfonamides is 1. The summed E-state index contributed by atoms with van der Waals surface area (Å²) in [7, 11) is -3.74. The van der Waals surface area contributed by atoms with E-state index in [1.54, 1.807) is 24.3 Å². The molecule has 4 rings (SSSR count). The lowest BCUT2D eigenvalue weighted by atomic mass is 9.86. The van der Waals surface area contributed by atoms with E-state index in [1.165, 1.54) is 16.4 Å². The predicted molar refractivity (Wildman–Crippen MR) is 142 cm³/mol. The van der Waals surface area contributed by atoms with Gasteiger partial charge in [0.25, 0.3) is 0 Å². The van der Waals surface area contributed by atoms with Gasteiger partial charge >= 0.3 is 0 Å². The van der Waals surface area contributed by atoms with Crippen LogP contribution in [0.2, 0.25) is 0 Å². The summed E-state index contributed by atoms with van der Waals surface area (Å²) in [5.41, 5.74) is 2.70. The molecule has 0 radical (unpaired) electrons. The van der Waals surface area contributed by atoms with Crippen LogP contribution in [0.5, 0.6) is 0 Å². The molecule has 1 fully saturated rings. The minimum Gasteiger partial charge on any atom is -0.326 e. The summed E-state index contributed by atoms with van der Waals surface area (Å²) in [6, 6.07) is 19.1. The Kier molecular flexibility index (Phi) is 7.62. The molecule has 1 amide bonds. The fourth-order valence-electron chi connectivity index (χ4n) is 4.38. The van der Waals surface area contributed by atoms with Crippen LogP contribution in [0.4, 0.5) is 10.1 Å². The molecule has 6 nitrogen and oxygen atoms in total. The van der Waals surface area contributed by atoms with Crippen LogP contribution in [-0.4, -0.2) is 37.5 Å². The third-order valence-corrected chi connectivity index (χ3v) is 8.59. The standard InChI is InChI=1S/C29H31FN2O4S/c1-29(2,3)23-9-7-20(8-10-23)27(33)22-5-4-6-25(19-22)31-28(34)21-15-17-32(18-16-21)37(35,36)26-13-11-24(30)12-14-26/h4-14,19,21H,15-18H2,1-3H3,(H,31,34). The van der Waals surface area contributed by atoms with Crippen molar-refractivity contribution in [3.8, 4) is 0 Å². The van der Waals surface area contributed by atoms with Crippen molar-refractivity contribution >= 4 is 27.4 Å². The zero-order valence-corrected chi connectivity index (χ0v) is 22.0. The molecule has 194 valence electrons. The Hall–Kier alpha value is -3.36. The van der Waals surface area contributed by atoms with E-state index in [1.807, 2.05) is 24.3 Å². The lowest BCUT2D eigenvalue weighted by Gasteiger charge is -2.30. The van der Waals surface area contributed by atoms with Crippen LogP contribution in [0, 0.1) is 11.7 Å². The maximum Gasteiger partial charge on any atom is 0.243 e. The van der Waals surface area contributed by atoms with Crippen molar-refractivity contribution in [3.05, 3.63) is 95.3 Å². The second-order valence-electron chi connectivity index (χ2n) is 10.4. The first-order valence-corrected chi connectivity index (χ1v) is 13.7. The molecule has 3 aromatic carbocycles. The van der Waals surface area contributed by atoms with E-state index in [9.17, 15) is 22.4 Å². The van der Waals surface area contributed by atoms with E-state index in [-0.39, 0.29) is 41.0 Å². The third-order valence-electron chi connectivity index (χ3n) is 6.68. The minimum atomic E-state index is -3.74. The van der Waals surface area contributed by atoms with Gasteiger partial charge in [-0.15, -0.1) is 0 Å². The number of piperidine rings is 1. The zero-order valence-electron chi connectivity index (χ0n) is 21.2. The Morgan fingerprint density at radius 1 is 0.892 bits per heavy atom. The fraction of sp³-hybridized carbons (Fsp3) is 0.310. The van der Waals surface area contributed by atoms with E-state index in [2.05, 4.69) is 26.1 Å². The molecule has 1 saturated heterocycles. The monoisotopic (exact) mass is 522 g/mol. The Morgan fingerprint density at radius 3 is 2.11 bits per heavy atom. The topological polar surface area (TPSA) is 83.6 Å². The highest BCUT2D eigenvalue weighted by molar-refractivity contribution is 7.89. The Morgan fingerprint density at radius 2 is 1.51 bits per heavy atom. The number of carbonyl (C=O) groups excluding carboxylic acids is 2. The molecule has 1 aliphatic heterocycles. The molecule has 0 saturated carbocycles. The normalized spacial score (nSPS) is 15.4. The summed E-state index contributed by atoms with van der Waals surface area (Å²) in [4.78, 5) is 26.0. The second kappa shape index (κ2) is 10.6. The molecule has 0 spiro atoms. The van der Waals surface area contributed by atoms with Crippen LogP contribution in [0.1, 0.15) is 55.1 Å². The molecule has 0 aliphatic carbocycles. The number of nitrogens with one attached hydrogen (secondary N) is 1. The molecule has 3 aromatic rings. The third kappa shape index (κ3) is 6.14. The number of nitrogens with zero attached hydrogens (tertiary/aromatic N) is 1. The van der Waals surface area contributed by atoms with Gasteiger partial charge in [0, 0.05) is 35.8 Å². The van der Waals surface area contributed by atoms with Gasteiger partial charge in [0.05, 0.1) is 4.90 Å². The Labute approximate surface area is 217 Å². The Bertz CT molecular complexity index is 1390. The molecule has 0 bridgehead atoms. The van der Waals surface area contributed by atoms with Crippen molar-refractivity contribution in [1.82, 2.24) is 4.31 Å². The van der Waals surface area contributed by atoms with Crippen molar-refractivity contribution in [2.75, 3.05) is 18.4 Å². The molecule has 8 heteroatoms. The largest absolute Gasteiger partial charge is 0.326 e. The molecule has 1 N–H and O–H groups in total. The molecule has 37 heavy (non-hydrogen) atoms. The lowest BCUT2D eigenvalue weighted by molar-refractivity contribution is -0.120. The maximum atomic E-state index is 13.2. The van der Waals surface area contributed by atoms with Gasteiger partial charge in [-0.05, 0) is 60.2 Å². The number of hydrogen-bond acceptors (Lipinski definition) is 4. The highest BCUT2D eigenvalue weighted by Crippen LogP contribution is 2.26. The minimum absolute atomic E-state index is 0.00688. The van der Waals surface area contributed by atoms with Gasteiger partial charge in [-0.25, -0.2) is 12.8 Å². The quantitative estimate of drug-likeness (QED) is 0.440. The first-order valence-electron chi connectivity index (χ1n) is 12.3. The molecular formula is C29H31FN2O4S. The smallest absolute Gasteiger partial charge is 0.243 e. The lowest BCUT2D eigenvalue weighted by Crippen LogP contribution is -2.41. The zero-order chi connectivity index (χ0) is 26.8. The Balaban J connectivity index is 1.38. The fourth-order valence-corrected chi connectivity index (χ4v) is 5.85. The van der Waals surface area contributed by atoms with Crippen LogP contribution in [0.15, 0.2) is 77.7 Å². The molecule has 0 unspecified atom stereocenters. The molecule has 1 aliphatic rings. The van der Waals surface area contributed by atoms with Crippen LogP contribution < -0.4 is 5.32 Å². The predicted octanol–water partition coefficient (Wildman–Crippen LogP) is 5.39. The van der Waals surface area contributed by atoms with Crippen LogP contribution in [0.25, 0.3) is 0 Å². The first-order chi connectivity index (χ1) is 17.4. The van der Waals surface area contributed by atoms with Crippen LogP contribution in [-0.2, 0) is 20.2 Å². The average Bonchev–Trinajstić information content (AvgIpc) is 2.88. The molecular weight excluding hydrogens is 491 g/mol. The summed E-state index contributed by atoms with van der Waals surface area (Å²) >= 11 is 0. The highest BCUT2D eigenvalue weighted by Gasteiger charge is 2.32. The van der Waals surface area contributed by atoms with E-state index in [0.717, 1.165) is 17.7 Å². The van der Waals surface area contributed by atoms with Crippen LogP contribution in [0.3, 0.4) is 0 Å². The summed E-state index contributed by atoms with van der Waals surface area (Å²) < 4.78 is 40.1. The number of amides is 1. The number of rotatable bonds is 6. The summed E-state index contributed by atoms with van der Waals surface area (Å²) in [6.45, 7) is 6.74. The second-order valence-corrected chi connectivity index (χ2v) is 12.3. The number of ketones is 1. The number of carbonyl (C=O) groups is 2. The van der Waals surface area contributed by atoms with Gasteiger partial charge in [-0.1, -0.05) is 57.2 Å². The van der Waals surface area contributed by atoms with E-state index in [0.29, 0.717) is 29.7 Å². The van der Waals surface area contributed by atoms with Gasteiger partial charge in [-0.3, -0.25) is 9.59 Å². The number of halogens is 1. The summed E-state index contributed by atoms with van der Waals surface area (Å²) in [6.07, 6.45) is 0.732. The van der Waals surface area contributed by atoms with E-state index in [4.69, 9.17) is 0 Å². The average molecular weight is 523 g/mol. The maximum absolute atomic E-state index is 13.2. The van der Waals surface area contributed by atoms with Gasteiger partial charge < -0.3 is 5.32 Å². The first kappa shape index (κ1) is 26.7. The van der Waals surface area contributed by atoms with Crippen molar-refractivity contribution in [3.63, 3.8) is 0 Å². The number of benzene rings is 3. The number of hydrogen-bond donors (Lipinski definition) is 1. The van der Waals surface area contributed by atoms with Crippen molar-refractivity contribution in [2.45, 2.75) is 43.9 Å². The number of anilines is 1. The molecule has 1 heterocycles. The van der Waals surface area contributed by atoms with Crippen LogP contribution >= 0.6 is 0 Å². The molecule has 0 atom stereocenters. The summed E-state index contributed by atoms with van der Waals surface area (Å²) in [5.74, 6) is -1.20. The highest BCUT2D eigenvalue weighted by atomic mass is 32.2. The van der Waals surface area contributed by atoms with E-state index >= 15 is 0 Å². The van der Waals surface area contributed by atoms with E-state index < -0.39 is 15.8 Å². The van der Waals surface area contributed by atoms with Gasteiger partial charge in [-0.2, -0.15) is 4.31 Å².